The van der Waals surface area contributed by atoms with Crippen LogP contribution in [0.4, 0.5) is 0 Å². The van der Waals surface area contributed by atoms with Crippen molar-refractivity contribution in [2.75, 3.05) is 6.61 Å². The van der Waals surface area contributed by atoms with E-state index < -0.39 is 5.97 Å². The number of carbonyl (C=O) groups is 1. The number of carboxylic acids is 1. The topological polar surface area (TPSA) is 64.4 Å². The van der Waals surface area contributed by atoms with Crippen molar-refractivity contribution in [3.63, 3.8) is 0 Å². The molecule has 6 heteroatoms. The van der Waals surface area contributed by atoms with Gasteiger partial charge in [0.05, 0.1) is 24.6 Å². The number of hydrogen-bond acceptors (Lipinski definition) is 3. The molecule has 0 saturated heterocycles. The summed E-state index contributed by atoms with van der Waals surface area (Å²) in [4.78, 5) is 11.3. The van der Waals surface area contributed by atoms with Crippen molar-refractivity contribution in [1.29, 1.82) is 0 Å². The first kappa shape index (κ1) is 13.3. The molecular formula is C14H13BrN2O3. The second-order valence-electron chi connectivity index (χ2n) is 4.73. The van der Waals surface area contributed by atoms with Gasteiger partial charge >= 0.3 is 5.97 Å². The molecule has 3 rings (SSSR count). The normalized spacial score (nSPS) is 14.1. The van der Waals surface area contributed by atoms with E-state index in [2.05, 4.69) is 21.0 Å². The fourth-order valence-corrected chi connectivity index (χ4v) is 2.70. The van der Waals surface area contributed by atoms with Crippen LogP contribution in [0.5, 0.6) is 0 Å². The highest BCUT2D eigenvalue weighted by atomic mass is 79.9. The van der Waals surface area contributed by atoms with Gasteiger partial charge in [0, 0.05) is 16.5 Å². The van der Waals surface area contributed by atoms with E-state index in [0.717, 1.165) is 21.4 Å². The summed E-state index contributed by atoms with van der Waals surface area (Å²) < 4.78 is 8.04. The molecule has 0 spiro atoms. The maximum atomic E-state index is 11.3. The Morgan fingerprint density at radius 3 is 3.00 bits per heavy atom. The molecule has 0 radical (unpaired) electrons. The number of carboxylic acid groups (broad SMARTS) is 1. The fourth-order valence-electron chi connectivity index (χ4n) is 2.34. The van der Waals surface area contributed by atoms with Gasteiger partial charge in [0.1, 0.15) is 0 Å². The smallest absolute Gasteiger partial charge is 0.356 e. The van der Waals surface area contributed by atoms with Crippen molar-refractivity contribution >= 4 is 21.9 Å². The fraction of sp³-hybridized carbons (Fsp3) is 0.286. The van der Waals surface area contributed by atoms with Crippen LogP contribution in [-0.2, 0) is 17.8 Å². The van der Waals surface area contributed by atoms with E-state index in [1.807, 2.05) is 25.1 Å². The van der Waals surface area contributed by atoms with E-state index in [9.17, 15) is 9.90 Å². The Morgan fingerprint density at radius 1 is 1.50 bits per heavy atom. The molecule has 0 amide bonds. The monoisotopic (exact) mass is 336 g/mol. The number of ether oxygens (including phenoxy) is 1. The molecule has 0 fully saturated rings. The molecule has 5 nitrogen and oxygen atoms in total. The molecule has 20 heavy (non-hydrogen) atoms. The standard InChI is InChI=1S/C14H13BrN2O3/c1-8-2-3-9(6-11(8)15)17-12-4-5-20-7-10(12)13(16-17)14(18)19/h2-3,6H,4-5,7H2,1H3,(H,18,19). The lowest BCUT2D eigenvalue weighted by Crippen LogP contribution is -2.13. The highest BCUT2D eigenvalue weighted by Gasteiger charge is 2.25. The van der Waals surface area contributed by atoms with E-state index in [-0.39, 0.29) is 5.69 Å². The van der Waals surface area contributed by atoms with Crippen LogP contribution >= 0.6 is 15.9 Å². The molecule has 2 heterocycles. The van der Waals surface area contributed by atoms with Gasteiger partial charge in [0.25, 0.3) is 0 Å². The molecule has 1 aliphatic heterocycles. The van der Waals surface area contributed by atoms with Crippen molar-refractivity contribution in [2.45, 2.75) is 20.0 Å². The molecule has 1 aromatic carbocycles. The zero-order chi connectivity index (χ0) is 14.3. The van der Waals surface area contributed by atoms with Crippen LogP contribution in [0.25, 0.3) is 5.69 Å². The van der Waals surface area contributed by atoms with Gasteiger partial charge in [-0.15, -0.1) is 0 Å². The van der Waals surface area contributed by atoms with Gasteiger partial charge in [-0.05, 0) is 24.6 Å². The Hall–Kier alpha value is -1.66. The first-order chi connectivity index (χ1) is 9.58. The summed E-state index contributed by atoms with van der Waals surface area (Å²) in [5, 5.41) is 13.5. The van der Waals surface area contributed by atoms with Crippen molar-refractivity contribution in [2.24, 2.45) is 0 Å². The Balaban J connectivity index is 2.18. The lowest BCUT2D eigenvalue weighted by molar-refractivity contribution is 0.0677. The Kier molecular flexibility index (Phi) is 3.35. The average Bonchev–Trinajstić information content (AvgIpc) is 2.82. The van der Waals surface area contributed by atoms with Crippen molar-refractivity contribution in [3.05, 3.63) is 45.2 Å². The maximum absolute atomic E-state index is 11.3. The number of fused-ring (bicyclic) bond motifs is 1. The van der Waals surface area contributed by atoms with Gasteiger partial charge < -0.3 is 9.84 Å². The second kappa shape index (κ2) is 5.03. The van der Waals surface area contributed by atoms with Crippen molar-refractivity contribution < 1.29 is 14.6 Å². The minimum atomic E-state index is -1.02. The van der Waals surface area contributed by atoms with Crippen molar-refractivity contribution in [3.8, 4) is 5.69 Å². The SMILES string of the molecule is Cc1ccc(-n2nc(C(=O)O)c3c2CCOC3)cc1Br. The summed E-state index contributed by atoms with van der Waals surface area (Å²) in [7, 11) is 0. The van der Waals surface area contributed by atoms with Crippen LogP contribution < -0.4 is 0 Å². The molecule has 0 bridgehead atoms. The summed E-state index contributed by atoms with van der Waals surface area (Å²) in [5.41, 5.74) is 3.66. The zero-order valence-corrected chi connectivity index (χ0v) is 12.5. The highest BCUT2D eigenvalue weighted by molar-refractivity contribution is 9.10. The van der Waals surface area contributed by atoms with E-state index in [1.165, 1.54) is 0 Å². The molecule has 104 valence electrons. The number of nitrogens with zero attached hydrogens (tertiary/aromatic N) is 2. The number of rotatable bonds is 2. The predicted octanol–water partition coefficient (Wildman–Crippen LogP) is 2.71. The summed E-state index contributed by atoms with van der Waals surface area (Å²) in [6, 6.07) is 5.87. The van der Waals surface area contributed by atoms with Gasteiger partial charge in [-0.1, -0.05) is 22.0 Å². The van der Waals surface area contributed by atoms with Crippen LogP contribution in [0.2, 0.25) is 0 Å². The third-order valence-corrected chi connectivity index (χ3v) is 4.28. The number of benzene rings is 1. The van der Waals surface area contributed by atoms with Crippen LogP contribution in [0.3, 0.4) is 0 Å². The molecule has 0 aliphatic carbocycles. The first-order valence-electron chi connectivity index (χ1n) is 6.26. The lowest BCUT2D eigenvalue weighted by atomic mass is 10.1. The number of aryl methyl sites for hydroxylation is 1. The molecule has 2 aromatic rings. The predicted molar refractivity (Wildman–Crippen MR) is 76.3 cm³/mol. The van der Waals surface area contributed by atoms with E-state index in [0.29, 0.717) is 25.2 Å². The van der Waals surface area contributed by atoms with Gasteiger partial charge in [0.2, 0.25) is 0 Å². The Bertz CT molecular complexity index is 694. The molecule has 1 aliphatic rings. The van der Waals surface area contributed by atoms with E-state index in [4.69, 9.17) is 4.74 Å². The van der Waals surface area contributed by atoms with Gasteiger partial charge in [-0.25, -0.2) is 9.48 Å². The van der Waals surface area contributed by atoms with Crippen LogP contribution in [0, 0.1) is 6.92 Å². The number of hydrogen-bond donors (Lipinski definition) is 1. The molecule has 1 aromatic heterocycles. The largest absolute Gasteiger partial charge is 0.476 e. The minimum Gasteiger partial charge on any atom is -0.476 e. The third kappa shape index (κ3) is 2.14. The quantitative estimate of drug-likeness (QED) is 0.915. The number of aromatic carboxylic acids is 1. The zero-order valence-electron chi connectivity index (χ0n) is 10.9. The van der Waals surface area contributed by atoms with E-state index >= 15 is 0 Å². The second-order valence-corrected chi connectivity index (χ2v) is 5.58. The summed E-state index contributed by atoms with van der Waals surface area (Å²) in [6.07, 6.45) is 0.668. The van der Waals surface area contributed by atoms with Gasteiger partial charge in [-0.2, -0.15) is 5.10 Å². The summed E-state index contributed by atoms with van der Waals surface area (Å²) in [6.45, 7) is 2.90. The molecular weight excluding hydrogens is 324 g/mol. The Morgan fingerprint density at radius 2 is 2.30 bits per heavy atom. The van der Waals surface area contributed by atoms with Crippen molar-refractivity contribution in [1.82, 2.24) is 9.78 Å². The number of aromatic nitrogens is 2. The average molecular weight is 337 g/mol. The van der Waals surface area contributed by atoms with E-state index in [1.54, 1.807) is 4.68 Å². The highest BCUT2D eigenvalue weighted by Crippen LogP contribution is 2.26. The molecule has 0 atom stereocenters. The van der Waals surface area contributed by atoms with Crippen LogP contribution in [0.1, 0.15) is 27.3 Å². The number of halogens is 1. The molecule has 1 N–H and O–H groups in total. The summed E-state index contributed by atoms with van der Waals surface area (Å²) >= 11 is 3.49. The van der Waals surface area contributed by atoms with Gasteiger partial charge in [-0.3, -0.25) is 0 Å². The molecule has 0 saturated carbocycles. The van der Waals surface area contributed by atoms with Crippen LogP contribution in [0.15, 0.2) is 22.7 Å². The minimum absolute atomic E-state index is 0.0800. The Labute approximate surface area is 124 Å². The molecule has 0 unspecified atom stereocenters. The summed E-state index contributed by atoms with van der Waals surface area (Å²) in [5.74, 6) is -1.02. The van der Waals surface area contributed by atoms with Crippen LogP contribution in [-0.4, -0.2) is 27.5 Å². The van der Waals surface area contributed by atoms with Gasteiger partial charge in [0.15, 0.2) is 5.69 Å². The maximum Gasteiger partial charge on any atom is 0.356 e. The first-order valence-corrected chi connectivity index (χ1v) is 7.05. The third-order valence-electron chi connectivity index (χ3n) is 3.42. The lowest BCUT2D eigenvalue weighted by Gasteiger charge is -2.15.